The Bertz CT molecular complexity index is 702. The number of nitrogens with zero attached hydrogens (tertiary/aromatic N) is 2. The maximum atomic E-state index is 5.84. The summed E-state index contributed by atoms with van der Waals surface area (Å²) in [7, 11) is 2.09. The third kappa shape index (κ3) is 3.40. The smallest absolute Gasteiger partial charge is 0.209 e. The Kier molecular flexibility index (Phi) is 4.18. The minimum Gasteiger partial charge on any atom is -0.439 e. The molecule has 1 aromatic carbocycles. The Morgan fingerprint density at radius 2 is 1.95 bits per heavy atom. The Morgan fingerprint density at radius 3 is 2.67 bits per heavy atom. The van der Waals surface area contributed by atoms with Gasteiger partial charge in [0.25, 0.3) is 0 Å². The van der Waals surface area contributed by atoms with Gasteiger partial charge in [-0.15, -0.1) is 11.3 Å². The van der Waals surface area contributed by atoms with E-state index < -0.39 is 0 Å². The van der Waals surface area contributed by atoms with Gasteiger partial charge in [-0.05, 0) is 31.0 Å². The SMILES string of the molecule is Cc1ccsc1CN(C)Cc1ncc(-c2ccccc2)o1. The van der Waals surface area contributed by atoms with Gasteiger partial charge in [-0.2, -0.15) is 0 Å². The zero-order chi connectivity index (χ0) is 14.7. The summed E-state index contributed by atoms with van der Waals surface area (Å²) in [6.07, 6.45) is 1.80. The van der Waals surface area contributed by atoms with E-state index in [0.717, 1.165) is 23.8 Å². The van der Waals surface area contributed by atoms with Gasteiger partial charge in [0.1, 0.15) is 0 Å². The Labute approximate surface area is 128 Å². The Hall–Kier alpha value is -1.91. The maximum Gasteiger partial charge on any atom is 0.209 e. The first-order valence-corrected chi connectivity index (χ1v) is 7.82. The molecule has 0 radical (unpaired) electrons. The molecule has 0 bridgehead atoms. The average molecular weight is 298 g/mol. The van der Waals surface area contributed by atoms with E-state index in [1.54, 1.807) is 17.5 Å². The van der Waals surface area contributed by atoms with Crippen LogP contribution in [0.4, 0.5) is 0 Å². The Balaban J connectivity index is 1.66. The molecular formula is C17H18N2OS. The predicted octanol–water partition coefficient (Wildman–Crippen LogP) is 4.34. The van der Waals surface area contributed by atoms with Crippen molar-refractivity contribution < 1.29 is 4.42 Å². The van der Waals surface area contributed by atoms with Crippen molar-refractivity contribution in [1.82, 2.24) is 9.88 Å². The monoisotopic (exact) mass is 298 g/mol. The molecule has 2 aromatic heterocycles. The number of hydrogen-bond donors (Lipinski definition) is 0. The van der Waals surface area contributed by atoms with Crippen LogP contribution in [0.2, 0.25) is 0 Å². The molecule has 3 nitrogen and oxygen atoms in total. The molecule has 0 aliphatic rings. The minimum absolute atomic E-state index is 0.712. The highest BCUT2D eigenvalue weighted by Crippen LogP contribution is 2.21. The lowest BCUT2D eigenvalue weighted by atomic mass is 10.2. The fraction of sp³-hybridized carbons (Fsp3) is 0.235. The van der Waals surface area contributed by atoms with Crippen molar-refractivity contribution in [1.29, 1.82) is 0 Å². The first-order valence-electron chi connectivity index (χ1n) is 6.94. The van der Waals surface area contributed by atoms with E-state index in [1.807, 2.05) is 30.3 Å². The van der Waals surface area contributed by atoms with Crippen LogP contribution in [0, 0.1) is 6.92 Å². The predicted molar refractivity (Wildman–Crippen MR) is 86.2 cm³/mol. The van der Waals surface area contributed by atoms with Crippen molar-refractivity contribution in [2.45, 2.75) is 20.0 Å². The largest absolute Gasteiger partial charge is 0.439 e. The van der Waals surface area contributed by atoms with Crippen molar-refractivity contribution in [3.05, 3.63) is 64.3 Å². The third-order valence-corrected chi connectivity index (χ3v) is 4.41. The highest BCUT2D eigenvalue weighted by Gasteiger charge is 2.10. The van der Waals surface area contributed by atoms with E-state index in [2.05, 4.69) is 35.3 Å². The summed E-state index contributed by atoms with van der Waals surface area (Å²) in [5.74, 6) is 1.58. The fourth-order valence-corrected chi connectivity index (χ4v) is 3.20. The zero-order valence-electron chi connectivity index (χ0n) is 12.2. The Morgan fingerprint density at radius 1 is 1.14 bits per heavy atom. The molecule has 4 heteroatoms. The van der Waals surface area contributed by atoms with Gasteiger partial charge in [0, 0.05) is 17.0 Å². The van der Waals surface area contributed by atoms with Gasteiger partial charge < -0.3 is 4.42 Å². The molecule has 0 atom stereocenters. The van der Waals surface area contributed by atoms with Crippen LogP contribution in [0.1, 0.15) is 16.3 Å². The molecule has 0 fully saturated rings. The van der Waals surface area contributed by atoms with Crippen LogP contribution in [-0.2, 0) is 13.1 Å². The number of thiophene rings is 1. The van der Waals surface area contributed by atoms with Crippen LogP contribution in [0.3, 0.4) is 0 Å². The van der Waals surface area contributed by atoms with Crippen molar-refractivity contribution in [2.75, 3.05) is 7.05 Å². The van der Waals surface area contributed by atoms with Crippen molar-refractivity contribution >= 4 is 11.3 Å². The lowest BCUT2D eigenvalue weighted by Crippen LogP contribution is -2.17. The standard InChI is InChI=1S/C17H18N2OS/c1-13-8-9-21-16(13)11-19(2)12-17-18-10-15(20-17)14-6-4-3-5-7-14/h3-10H,11-12H2,1-2H3. The molecule has 3 aromatic rings. The molecule has 3 rings (SSSR count). The first kappa shape index (κ1) is 14.0. The van der Waals surface area contributed by atoms with Crippen molar-refractivity contribution in [2.24, 2.45) is 0 Å². The topological polar surface area (TPSA) is 29.3 Å². The summed E-state index contributed by atoms with van der Waals surface area (Å²) >= 11 is 1.80. The van der Waals surface area contributed by atoms with E-state index in [9.17, 15) is 0 Å². The van der Waals surface area contributed by atoms with Gasteiger partial charge in [-0.25, -0.2) is 4.98 Å². The second kappa shape index (κ2) is 6.24. The number of rotatable bonds is 5. The summed E-state index contributed by atoms with van der Waals surface area (Å²) in [4.78, 5) is 8.00. The molecule has 108 valence electrons. The van der Waals surface area contributed by atoms with Gasteiger partial charge in [0.2, 0.25) is 5.89 Å². The molecule has 2 heterocycles. The summed E-state index contributed by atoms with van der Waals surface area (Å²) in [5, 5.41) is 2.14. The van der Waals surface area contributed by atoms with Crippen LogP contribution >= 0.6 is 11.3 Å². The molecule has 0 amide bonds. The van der Waals surface area contributed by atoms with Gasteiger partial charge in [0.05, 0.1) is 12.7 Å². The molecular weight excluding hydrogens is 280 g/mol. The third-order valence-electron chi connectivity index (χ3n) is 3.40. The zero-order valence-corrected chi connectivity index (χ0v) is 13.1. The highest BCUT2D eigenvalue weighted by atomic mass is 32.1. The van der Waals surface area contributed by atoms with Crippen LogP contribution in [0.5, 0.6) is 0 Å². The van der Waals surface area contributed by atoms with Crippen molar-refractivity contribution in [3.8, 4) is 11.3 Å². The summed E-state index contributed by atoms with van der Waals surface area (Å²) in [6.45, 7) is 3.79. The molecule has 0 aliphatic heterocycles. The van der Waals surface area contributed by atoms with Gasteiger partial charge in [0.15, 0.2) is 5.76 Å². The number of aromatic nitrogens is 1. The summed E-state index contributed by atoms with van der Waals surface area (Å²) in [6, 6.07) is 12.2. The molecule has 0 aliphatic carbocycles. The number of benzene rings is 1. The van der Waals surface area contributed by atoms with E-state index in [-0.39, 0.29) is 0 Å². The first-order chi connectivity index (χ1) is 10.2. The van der Waals surface area contributed by atoms with Crippen LogP contribution in [-0.4, -0.2) is 16.9 Å². The lowest BCUT2D eigenvalue weighted by Gasteiger charge is -2.13. The average Bonchev–Trinajstić information content (AvgIpc) is 3.10. The van der Waals surface area contributed by atoms with E-state index in [0.29, 0.717) is 6.54 Å². The molecule has 0 saturated heterocycles. The number of oxazole rings is 1. The quantitative estimate of drug-likeness (QED) is 0.701. The molecule has 0 unspecified atom stereocenters. The van der Waals surface area contributed by atoms with Crippen molar-refractivity contribution in [3.63, 3.8) is 0 Å². The molecule has 0 saturated carbocycles. The van der Waals surface area contributed by atoms with Crippen LogP contribution in [0.15, 0.2) is 52.4 Å². The number of aryl methyl sites for hydroxylation is 1. The summed E-state index contributed by atoms with van der Waals surface area (Å²) in [5.41, 5.74) is 2.41. The van der Waals surface area contributed by atoms with Gasteiger partial charge >= 0.3 is 0 Å². The minimum atomic E-state index is 0.712. The number of hydrogen-bond acceptors (Lipinski definition) is 4. The van der Waals surface area contributed by atoms with Gasteiger partial charge in [-0.1, -0.05) is 30.3 Å². The summed E-state index contributed by atoms with van der Waals surface area (Å²) < 4.78 is 5.84. The van der Waals surface area contributed by atoms with Gasteiger partial charge in [-0.3, -0.25) is 4.90 Å². The second-order valence-corrected chi connectivity index (χ2v) is 6.18. The van der Waals surface area contributed by atoms with Crippen LogP contribution in [0.25, 0.3) is 11.3 Å². The van der Waals surface area contributed by atoms with E-state index in [4.69, 9.17) is 4.42 Å². The molecule has 0 N–H and O–H groups in total. The fourth-order valence-electron chi connectivity index (χ4n) is 2.22. The highest BCUT2D eigenvalue weighted by molar-refractivity contribution is 7.10. The second-order valence-electron chi connectivity index (χ2n) is 5.18. The maximum absolute atomic E-state index is 5.84. The lowest BCUT2D eigenvalue weighted by molar-refractivity contribution is 0.284. The molecule has 21 heavy (non-hydrogen) atoms. The molecule has 0 spiro atoms. The van der Waals surface area contributed by atoms with E-state index >= 15 is 0 Å². The van der Waals surface area contributed by atoms with Crippen LogP contribution < -0.4 is 0 Å². The van der Waals surface area contributed by atoms with E-state index in [1.165, 1.54) is 10.4 Å². The normalized spacial score (nSPS) is 11.2.